The first-order valence-electron chi connectivity index (χ1n) is 9.57. The van der Waals surface area contributed by atoms with Gasteiger partial charge in [0.2, 0.25) is 0 Å². The fraction of sp³-hybridized carbons (Fsp3) is 0.409. The van der Waals surface area contributed by atoms with Crippen molar-refractivity contribution >= 4 is 5.71 Å². The van der Waals surface area contributed by atoms with Crippen LogP contribution in [0.1, 0.15) is 55.7 Å². The van der Waals surface area contributed by atoms with Gasteiger partial charge >= 0.3 is 0 Å². The minimum Gasteiger partial charge on any atom is -0.468 e. The molecule has 1 aliphatic carbocycles. The maximum absolute atomic E-state index is 6.49. The van der Waals surface area contributed by atoms with E-state index in [9.17, 15) is 0 Å². The van der Waals surface area contributed by atoms with E-state index in [1.165, 1.54) is 48.9 Å². The first-order valence-corrected chi connectivity index (χ1v) is 9.57. The lowest BCUT2D eigenvalue weighted by Gasteiger charge is -2.42. The summed E-state index contributed by atoms with van der Waals surface area (Å²) < 4.78 is 6.49. The first-order chi connectivity index (χ1) is 12.4. The van der Waals surface area contributed by atoms with Crippen LogP contribution in [0.3, 0.4) is 0 Å². The fourth-order valence-electron chi connectivity index (χ4n) is 4.60. The average Bonchev–Trinajstić information content (AvgIpc) is 3.14. The van der Waals surface area contributed by atoms with E-state index >= 15 is 0 Å². The molecule has 0 aromatic heterocycles. The number of ether oxygens (including phenoxy) is 1. The predicted molar refractivity (Wildman–Crippen MR) is 99.6 cm³/mol. The number of benzene rings is 2. The fourth-order valence-corrected chi connectivity index (χ4v) is 4.60. The SMILES string of the molecule is c1ccc(C2=NN3[C@@H](C2)c2ccccc2O[C@H]3C2CCCCC2)cc1. The number of para-hydroxylation sites is 1. The molecular weight excluding hydrogens is 308 g/mol. The Kier molecular flexibility index (Phi) is 3.73. The summed E-state index contributed by atoms with van der Waals surface area (Å²) in [4.78, 5) is 0. The van der Waals surface area contributed by atoms with Gasteiger partial charge in [-0.1, -0.05) is 67.8 Å². The van der Waals surface area contributed by atoms with Gasteiger partial charge < -0.3 is 4.74 Å². The van der Waals surface area contributed by atoms with E-state index in [0.29, 0.717) is 12.0 Å². The summed E-state index contributed by atoms with van der Waals surface area (Å²) >= 11 is 0. The predicted octanol–water partition coefficient (Wildman–Crippen LogP) is 5.14. The molecule has 0 bridgehead atoms. The molecule has 128 valence electrons. The Hall–Kier alpha value is -2.29. The Bertz CT molecular complexity index is 780. The topological polar surface area (TPSA) is 24.8 Å². The number of nitrogens with zero attached hydrogens (tertiary/aromatic N) is 2. The third-order valence-electron chi connectivity index (χ3n) is 5.89. The maximum Gasteiger partial charge on any atom is 0.190 e. The molecule has 0 amide bonds. The molecule has 3 heteroatoms. The van der Waals surface area contributed by atoms with E-state index < -0.39 is 0 Å². The summed E-state index contributed by atoms with van der Waals surface area (Å²) in [6, 6.07) is 19.4. The van der Waals surface area contributed by atoms with Gasteiger partial charge in [0.1, 0.15) is 5.75 Å². The molecule has 5 rings (SSSR count). The van der Waals surface area contributed by atoms with Crippen molar-refractivity contribution in [1.29, 1.82) is 0 Å². The molecule has 0 unspecified atom stereocenters. The largest absolute Gasteiger partial charge is 0.468 e. The van der Waals surface area contributed by atoms with E-state index in [4.69, 9.17) is 9.84 Å². The molecule has 2 atom stereocenters. The van der Waals surface area contributed by atoms with Gasteiger partial charge in [-0.05, 0) is 24.5 Å². The second-order valence-corrected chi connectivity index (χ2v) is 7.46. The molecule has 1 fully saturated rings. The Balaban J connectivity index is 1.53. The molecule has 2 aliphatic heterocycles. The Labute approximate surface area is 149 Å². The van der Waals surface area contributed by atoms with Crippen molar-refractivity contribution in [2.75, 3.05) is 0 Å². The van der Waals surface area contributed by atoms with Gasteiger partial charge in [0.25, 0.3) is 0 Å². The zero-order valence-electron chi connectivity index (χ0n) is 14.5. The van der Waals surface area contributed by atoms with Gasteiger partial charge in [-0.3, -0.25) is 0 Å². The molecule has 2 heterocycles. The summed E-state index contributed by atoms with van der Waals surface area (Å²) in [5.41, 5.74) is 3.70. The lowest BCUT2D eigenvalue weighted by atomic mass is 9.86. The third kappa shape index (κ3) is 2.62. The summed E-state index contributed by atoms with van der Waals surface area (Å²) in [5, 5.41) is 7.34. The van der Waals surface area contributed by atoms with Gasteiger partial charge in [-0.25, -0.2) is 5.01 Å². The quantitative estimate of drug-likeness (QED) is 0.761. The second kappa shape index (κ2) is 6.21. The van der Waals surface area contributed by atoms with Crippen molar-refractivity contribution in [2.45, 2.75) is 50.8 Å². The van der Waals surface area contributed by atoms with Crippen molar-refractivity contribution in [1.82, 2.24) is 5.01 Å². The van der Waals surface area contributed by atoms with Crippen LogP contribution >= 0.6 is 0 Å². The molecule has 0 N–H and O–H groups in total. The highest BCUT2D eigenvalue weighted by atomic mass is 16.5. The van der Waals surface area contributed by atoms with E-state index in [1.807, 2.05) is 0 Å². The van der Waals surface area contributed by atoms with Crippen molar-refractivity contribution in [2.24, 2.45) is 11.0 Å². The van der Waals surface area contributed by atoms with Crippen LogP contribution in [0.25, 0.3) is 0 Å². The van der Waals surface area contributed by atoms with Crippen LogP contribution in [0.4, 0.5) is 0 Å². The zero-order chi connectivity index (χ0) is 16.6. The van der Waals surface area contributed by atoms with Gasteiger partial charge in [-0.2, -0.15) is 5.10 Å². The smallest absolute Gasteiger partial charge is 0.190 e. The Morgan fingerprint density at radius 2 is 1.64 bits per heavy atom. The number of hydrogen-bond donors (Lipinski definition) is 0. The number of fused-ring (bicyclic) bond motifs is 3. The highest BCUT2D eigenvalue weighted by Crippen LogP contribution is 2.46. The van der Waals surface area contributed by atoms with E-state index in [-0.39, 0.29) is 6.23 Å². The molecule has 3 nitrogen and oxygen atoms in total. The average molecular weight is 332 g/mol. The van der Waals surface area contributed by atoms with Gasteiger partial charge in [0.05, 0.1) is 11.8 Å². The van der Waals surface area contributed by atoms with E-state index in [2.05, 4.69) is 59.6 Å². The molecule has 0 saturated heterocycles. The highest BCUT2D eigenvalue weighted by molar-refractivity contribution is 6.01. The minimum atomic E-state index is 0.0846. The van der Waals surface area contributed by atoms with E-state index in [0.717, 1.165) is 12.2 Å². The zero-order valence-corrected chi connectivity index (χ0v) is 14.5. The number of hydrazone groups is 1. The third-order valence-corrected chi connectivity index (χ3v) is 5.89. The normalized spacial score (nSPS) is 25.8. The van der Waals surface area contributed by atoms with E-state index in [1.54, 1.807) is 0 Å². The highest BCUT2D eigenvalue weighted by Gasteiger charge is 2.43. The Morgan fingerprint density at radius 1 is 0.880 bits per heavy atom. The van der Waals surface area contributed by atoms with Crippen LogP contribution in [-0.4, -0.2) is 16.9 Å². The van der Waals surface area contributed by atoms with Crippen molar-refractivity contribution < 1.29 is 4.74 Å². The molecule has 25 heavy (non-hydrogen) atoms. The standard InChI is InChI=1S/C22H24N2O/c1-3-9-16(10-4-1)19-15-20-18-13-7-8-14-21(18)25-22(24(20)23-19)17-11-5-2-6-12-17/h1,3-4,7-10,13-14,17,20,22H,2,5-6,11-12,15H2/t20-,22-/m0/s1. The van der Waals surface area contributed by atoms with Crippen LogP contribution < -0.4 is 4.74 Å². The number of hydrogen-bond acceptors (Lipinski definition) is 3. The van der Waals surface area contributed by atoms with Gasteiger partial charge in [0.15, 0.2) is 6.23 Å². The molecule has 3 aliphatic rings. The van der Waals surface area contributed by atoms with Crippen LogP contribution in [0.2, 0.25) is 0 Å². The minimum absolute atomic E-state index is 0.0846. The van der Waals surface area contributed by atoms with Crippen LogP contribution in [0.5, 0.6) is 5.75 Å². The lowest BCUT2D eigenvalue weighted by Crippen LogP contribution is -2.45. The molecule has 2 aromatic carbocycles. The monoisotopic (exact) mass is 332 g/mol. The molecule has 1 saturated carbocycles. The molecule has 0 spiro atoms. The Morgan fingerprint density at radius 3 is 2.48 bits per heavy atom. The molecular formula is C22H24N2O. The van der Waals surface area contributed by atoms with Gasteiger partial charge in [-0.15, -0.1) is 0 Å². The van der Waals surface area contributed by atoms with Crippen molar-refractivity contribution in [3.05, 3.63) is 65.7 Å². The lowest BCUT2D eigenvalue weighted by molar-refractivity contribution is -0.0643. The van der Waals surface area contributed by atoms with Gasteiger partial charge in [0, 0.05) is 17.9 Å². The van der Waals surface area contributed by atoms with Crippen molar-refractivity contribution in [3.8, 4) is 5.75 Å². The molecule has 2 aromatic rings. The second-order valence-electron chi connectivity index (χ2n) is 7.46. The van der Waals surface area contributed by atoms with Crippen LogP contribution in [0, 0.1) is 5.92 Å². The summed E-state index contributed by atoms with van der Waals surface area (Å²) in [6.07, 6.45) is 7.56. The van der Waals surface area contributed by atoms with Crippen molar-refractivity contribution in [3.63, 3.8) is 0 Å². The van der Waals surface area contributed by atoms with Crippen LogP contribution in [-0.2, 0) is 0 Å². The first kappa shape index (κ1) is 15.0. The summed E-state index contributed by atoms with van der Waals surface area (Å²) in [5.74, 6) is 1.65. The van der Waals surface area contributed by atoms with Crippen LogP contribution in [0.15, 0.2) is 59.7 Å². The maximum atomic E-state index is 6.49. The summed E-state index contributed by atoms with van der Waals surface area (Å²) in [7, 11) is 0. The number of rotatable bonds is 2. The molecule has 0 radical (unpaired) electrons. The summed E-state index contributed by atoms with van der Waals surface area (Å²) in [6.45, 7) is 0.